The summed E-state index contributed by atoms with van der Waals surface area (Å²) in [4.78, 5) is 0. The third-order valence-electron chi connectivity index (χ3n) is 7.25. The molecule has 198 valence electrons. The maximum atomic E-state index is 14.5. The third-order valence-corrected chi connectivity index (χ3v) is 9.96. The van der Waals surface area contributed by atoms with Gasteiger partial charge in [0.15, 0.2) is 0 Å². The molecule has 1 heterocycles. The van der Waals surface area contributed by atoms with Crippen LogP contribution in [0.2, 0.25) is 0 Å². The summed E-state index contributed by atoms with van der Waals surface area (Å²) in [6.07, 6.45) is 15.2. The molecule has 39 heavy (non-hydrogen) atoms. The molecule has 3 aliphatic rings. The molecule has 4 nitrogen and oxygen atoms in total. The van der Waals surface area contributed by atoms with Gasteiger partial charge in [-0.3, -0.25) is 4.57 Å². The average Bonchev–Trinajstić information content (AvgIpc) is 3.75. The topological polar surface area (TPSA) is 49.8 Å². The van der Waals surface area contributed by atoms with Crippen LogP contribution < -0.4 is 0 Å². The molecule has 0 aromatic heterocycles. The van der Waals surface area contributed by atoms with E-state index in [1.54, 1.807) is 0 Å². The van der Waals surface area contributed by atoms with Gasteiger partial charge in [-0.25, -0.2) is 4.67 Å². The molecule has 3 aromatic carbocycles. The molecule has 0 bridgehead atoms. The van der Waals surface area contributed by atoms with E-state index in [0.717, 1.165) is 5.56 Å². The summed E-state index contributed by atoms with van der Waals surface area (Å²) < 4.78 is 22.7. The number of aliphatic hydroxyl groups is 1. The molecule has 1 saturated heterocycles. The molecule has 2 aliphatic carbocycles. The van der Waals surface area contributed by atoms with Crippen LogP contribution in [-0.4, -0.2) is 22.9 Å². The second-order valence-corrected chi connectivity index (χ2v) is 11.9. The van der Waals surface area contributed by atoms with Gasteiger partial charge in [-0.05, 0) is 82.0 Å². The molecular weight excluding hydrogens is 545 g/mol. The minimum absolute atomic E-state index is 0. The van der Waals surface area contributed by atoms with E-state index < -0.39 is 13.1 Å². The molecule has 1 N–H and O–H groups in total. The molecule has 10 radical (unpaired) electrons. The Morgan fingerprint density at radius 3 is 1.69 bits per heavy atom. The van der Waals surface area contributed by atoms with Crippen molar-refractivity contribution in [2.75, 3.05) is 7.05 Å². The van der Waals surface area contributed by atoms with Crippen LogP contribution in [0.4, 0.5) is 0 Å². The Kier molecular flexibility index (Phi) is 10.3. The molecule has 0 unspecified atom stereocenters. The maximum Gasteiger partial charge on any atom is 2.00 e. The molecule has 1 aliphatic heterocycles. The smallest absolute Gasteiger partial charge is 0.380 e. The second kappa shape index (κ2) is 13.3. The molecule has 3 aromatic rings. The predicted octanol–water partition coefficient (Wildman–Crippen LogP) is 6.96. The van der Waals surface area contributed by atoms with E-state index in [2.05, 4.69) is 0 Å². The first-order valence-electron chi connectivity index (χ1n) is 12.8. The SMILES string of the molecule is C[C@H]1[C@@H](c2ccccc2)O[P@@](=O)([C]2[CH][CH][CH][C]2C(O)(c2ccccc2)c2ccccc2)N1C.[CH]1[CH][CH][CH][CH]1.[Fe+2]. The fourth-order valence-electron chi connectivity index (χ4n) is 5.08. The van der Waals surface area contributed by atoms with Gasteiger partial charge in [0.25, 0.3) is 7.52 Å². The standard InChI is InChI=1S/C28H27NO3P.C5H5.Fe/c1-21-27(22-13-6-3-7-14-22)32-33(31,29(21)2)26-20-12-19-25(26)28(30,23-15-8-4-9-16-23)24-17-10-5-11-18-24;1-2-4-5-3-1;/h3-21,27,30H,1-2H3;1-5H;/q;;+2/t21-,27-,33-;;/m0../s1. The summed E-state index contributed by atoms with van der Waals surface area (Å²) in [5, 5.41) is 12.3. The van der Waals surface area contributed by atoms with Crippen molar-refractivity contribution in [3.8, 4) is 0 Å². The largest absolute Gasteiger partial charge is 2.00 e. The van der Waals surface area contributed by atoms with E-state index in [-0.39, 0.29) is 29.2 Å². The first kappa shape index (κ1) is 30.3. The van der Waals surface area contributed by atoms with Crippen LogP contribution in [0.3, 0.4) is 0 Å². The predicted molar refractivity (Wildman–Crippen MR) is 152 cm³/mol. The molecule has 0 spiro atoms. The first-order chi connectivity index (χ1) is 18.5. The van der Waals surface area contributed by atoms with Gasteiger partial charge in [-0.1, -0.05) is 91.0 Å². The minimum atomic E-state index is -3.45. The van der Waals surface area contributed by atoms with Crippen LogP contribution in [0.5, 0.6) is 0 Å². The monoisotopic (exact) mass is 577 g/mol. The van der Waals surface area contributed by atoms with E-state index >= 15 is 0 Å². The summed E-state index contributed by atoms with van der Waals surface area (Å²) in [5.74, 6) is 0.580. The first-order valence-corrected chi connectivity index (χ1v) is 14.4. The maximum absolute atomic E-state index is 14.5. The van der Waals surface area contributed by atoms with Gasteiger partial charge in [0, 0.05) is 12.0 Å². The molecule has 2 saturated carbocycles. The van der Waals surface area contributed by atoms with Gasteiger partial charge in [0.2, 0.25) is 0 Å². The molecule has 0 amide bonds. The van der Waals surface area contributed by atoms with Gasteiger partial charge in [0.05, 0.1) is 5.66 Å². The fourth-order valence-corrected chi connectivity index (χ4v) is 7.70. The van der Waals surface area contributed by atoms with E-state index in [9.17, 15) is 9.67 Å². The molecule has 6 rings (SSSR count). The third kappa shape index (κ3) is 6.01. The Morgan fingerprint density at radius 2 is 1.21 bits per heavy atom. The number of likely N-dealkylation sites (N-methyl/N-ethyl adjacent to an activating group) is 1. The van der Waals surface area contributed by atoms with Gasteiger partial charge in [0.1, 0.15) is 11.7 Å². The van der Waals surface area contributed by atoms with Crippen molar-refractivity contribution in [1.82, 2.24) is 4.67 Å². The van der Waals surface area contributed by atoms with Crippen molar-refractivity contribution in [1.29, 1.82) is 0 Å². The van der Waals surface area contributed by atoms with Crippen molar-refractivity contribution < 1.29 is 31.3 Å². The van der Waals surface area contributed by atoms with Crippen LogP contribution in [0, 0.1) is 62.9 Å². The van der Waals surface area contributed by atoms with E-state index in [4.69, 9.17) is 4.52 Å². The van der Waals surface area contributed by atoms with Crippen molar-refractivity contribution in [2.24, 2.45) is 0 Å². The van der Waals surface area contributed by atoms with Crippen LogP contribution in [0.15, 0.2) is 91.0 Å². The van der Waals surface area contributed by atoms with Crippen LogP contribution >= 0.6 is 7.52 Å². The zero-order chi connectivity index (χ0) is 26.6. The minimum Gasteiger partial charge on any atom is -0.380 e. The fraction of sp³-hybridized carbons (Fsp3) is 0.152. The summed E-state index contributed by atoms with van der Waals surface area (Å²) in [5.41, 5.74) is 1.47. The summed E-state index contributed by atoms with van der Waals surface area (Å²) in [6, 6.07) is 28.8. The zero-order valence-corrected chi connectivity index (χ0v) is 23.9. The van der Waals surface area contributed by atoms with Crippen molar-refractivity contribution >= 4 is 7.52 Å². The van der Waals surface area contributed by atoms with Crippen LogP contribution in [0.25, 0.3) is 0 Å². The molecular formula is C33H32FeNO3P+2. The summed E-state index contributed by atoms with van der Waals surface area (Å²) >= 11 is 0. The summed E-state index contributed by atoms with van der Waals surface area (Å²) in [7, 11) is -1.60. The number of benzene rings is 3. The molecule has 3 atom stereocenters. The van der Waals surface area contributed by atoms with Gasteiger partial charge < -0.3 is 9.63 Å². The number of rotatable bonds is 5. The second-order valence-electron chi connectivity index (χ2n) is 9.50. The van der Waals surface area contributed by atoms with E-state index in [1.165, 1.54) is 0 Å². The van der Waals surface area contributed by atoms with Gasteiger partial charge in [-0.15, -0.1) is 0 Å². The zero-order valence-electron chi connectivity index (χ0n) is 21.9. The van der Waals surface area contributed by atoms with Crippen LogP contribution in [-0.2, 0) is 31.8 Å². The van der Waals surface area contributed by atoms with Crippen molar-refractivity contribution in [3.63, 3.8) is 0 Å². The number of hydrogen-bond acceptors (Lipinski definition) is 3. The molecule has 3 fully saturated rings. The van der Waals surface area contributed by atoms with Crippen LogP contribution in [0.1, 0.15) is 29.7 Å². The Balaban J connectivity index is 0.000000530. The normalized spacial score (nSPS) is 26.1. The Bertz CT molecular complexity index is 1160. The van der Waals surface area contributed by atoms with Gasteiger partial charge in [-0.2, -0.15) is 0 Å². The van der Waals surface area contributed by atoms with Crippen molar-refractivity contribution in [3.05, 3.63) is 171 Å². The van der Waals surface area contributed by atoms with Gasteiger partial charge >= 0.3 is 17.1 Å². The van der Waals surface area contributed by atoms with E-state index in [1.807, 2.05) is 161 Å². The van der Waals surface area contributed by atoms with E-state index in [0.29, 0.717) is 22.7 Å². The number of nitrogens with zero attached hydrogens (tertiary/aromatic N) is 1. The molecule has 6 heteroatoms. The Labute approximate surface area is 245 Å². The Hall–Kier alpha value is -1.71. The van der Waals surface area contributed by atoms with Crippen molar-refractivity contribution in [2.45, 2.75) is 24.7 Å². The Morgan fingerprint density at radius 1 is 0.744 bits per heavy atom. The quantitative estimate of drug-likeness (QED) is 0.263. The summed E-state index contributed by atoms with van der Waals surface area (Å²) in [6.45, 7) is 2.03. The average molecular weight is 577 g/mol. The number of hydrogen-bond donors (Lipinski definition) is 1.